The molecule has 0 amide bonds. The smallest absolute Gasteiger partial charge is 0.325 e. The molecule has 1 aromatic carbocycles. The quantitative estimate of drug-likeness (QED) is 0.829. The molecule has 0 aromatic heterocycles. The topological polar surface area (TPSA) is 47.6 Å². The Labute approximate surface area is 105 Å². The molecule has 92 valence electrons. The zero-order valence-corrected chi connectivity index (χ0v) is 10.1. The lowest BCUT2D eigenvalue weighted by atomic mass is 10.2. The second-order valence-corrected chi connectivity index (χ2v) is 4.26. The first kappa shape index (κ1) is 12.4. The maximum absolute atomic E-state index is 11.7. The molecule has 1 heterocycles. The average molecular weight is 256 g/mol. The van der Waals surface area contributed by atoms with Gasteiger partial charge in [-0.15, -0.1) is 0 Å². The minimum Gasteiger partial charge on any atom is -0.460 e. The molecule has 1 aromatic rings. The number of ether oxygens (including phenoxy) is 2. The molecule has 0 bridgehead atoms. The largest absolute Gasteiger partial charge is 0.460 e. The summed E-state index contributed by atoms with van der Waals surface area (Å²) in [5.74, 6) is -0.287. The Bertz CT molecular complexity index is 391. The minimum absolute atomic E-state index is 0.234. The van der Waals surface area contributed by atoms with Crippen LogP contribution in [0, 0.1) is 0 Å². The first-order valence-corrected chi connectivity index (χ1v) is 5.86. The molecule has 1 N–H and O–H groups in total. The number of hydrogen-bond acceptors (Lipinski definition) is 4. The van der Waals surface area contributed by atoms with E-state index < -0.39 is 0 Å². The molecule has 2 rings (SSSR count). The van der Waals surface area contributed by atoms with E-state index in [1.807, 2.05) is 12.1 Å². The van der Waals surface area contributed by atoms with E-state index in [1.165, 1.54) is 0 Å². The van der Waals surface area contributed by atoms with Crippen LogP contribution < -0.4 is 5.32 Å². The van der Waals surface area contributed by atoms with Crippen LogP contribution in [0.1, 0.15) is 5.56 Å². The van der Waals surface area contributed by atoms with Crippen LogP contribution >= 0.6 is 11.6 Å². The molecule has 5 heteroatoms. The third-order valence-electron chi connectivity index (χ3n) is 2.48. The number of esters is 1. The van der Waals surface area contributed by atoms with E-state index in [9.17, 15) is 4.79 Å². The van der Waals surface area contributed by atoms with Gasteiger partial charge < -0.3 is 14.8 Å². The number of morpholine rings is 1. The lowest BCUT2D eigenvalue weighted by Crippen LogP contribution is -2.47. The van der Waals surface area contributed by atoms with Gasteiger partial charge in [-0.3, -0.25) is 4.79 Å². The molecule has 1 saturated heterocycles. The summed E-state index contributed by atoms with van der Waals surface area (Å²) in [6.07, 6.45) is 0. The molecule has 1 aliphatic heterocycles. The van der Waals surface area contributed by atoms with Crippen molar-refractivity contribution in [2.24, 2.45) is 0 Å². The van der Waals surface area contributed by atoms with Gasteiger partial charge >= 0.3 is 5.97 Å². The van der Waals surface area contributed by atoms with Crippen molar-refractivity contribution in [1.82, 2.24) is 5.32 Å². The zero-order chi connectivity index (χ0) is 12.1. The summed E-state index contributed by atoms with van der Waals surface area (Å²) in [4.78, 5) is 11.7. The van der Waals surface area contributed by atoms with Crippen LogP contribution in [-0.2, 0) is 20.9 Å². The van der Waals surface area contributed by atoms with E-state index in [4.69, 9.17) is 21.1 Å². The van der Waals surface area contributed by atoms with Crippen LogP contribution in [0.25, 0.3) is 0 Å². The van der Waals surface area contributed by atoms with Gasteiger partial charge in [0.15, 0.2) is 0 Å². The van der Waals surface area contributed by atoms with Gasteiger partial charge in [-0.2, -0.15) is 0 Å². The van der Waals surface area contributed by atoms with Crippen molar-refractivity contribution in [1.29, 1.82) is 0 Å². The standard InChI is InChI=1S/C12H14ClNO3/c13-10-3-1-2-9(6-10)7-17-12(15)11-8-16-5-4-14-11/h1-3,6,11,14H,4-5,7-8H2. The monoisotopic (exact) mass is 255 g/mol. The lowest BCUT2D eigenvalue weighted by molar-refractivity contribution is -0.150. The summed E-state index contributed by atoms with van der Waals surface area (Å²) < 4.78 is 10.4. The fraction of sp³-hybridized carbons (Fsp3) is 0.417. The summed E-state index contributed by atoms with van der Waals surface area (Å²) in [6.45, 7) is 1.92. The van der Waals surface area contributed by atoms with Gasteiger partial charge in [-0.05, 0) is 17.7 Å². The second kappa shape index (κ2) is 6.00. The number of carbonyl (C=O) groups is 1. The molecule has 17 heavy (non-hydrogen) atoms. The van der Waals surface area contributed by atoms with E-state index in [1.54, 1.807) is 12.1 Å². The van der Waals surface area contributed by atoms with E-state index in [2.05, 4.69) is 5.32 Å². The molecule has 0 aliphatic carbocycles. The van der Waals surface area contributed by atoms with Crippen LogP contribution in [0.4, 0.5) is 0 Å². The van der Waals surface area contributed by atoms with Crippen molar-refractivity contribution in [3.05, 3.63) is 34.9 Å². The van der Waals surface area contributed by atoms with Gasteiger partial charge in [0.2, 0.25) is 0 Å². The highest BCUT2D eigenvalue weighted by atomic mass is 35.5. The van der Waals surface area contributed by atoms with Crippen molar-refractivity contribution in [2.75, 3.05) is 19.8 Å². The number of hydrogen-bond donors (Lipinski definition) is 1. The maximum atomic E-state index is 11.7. The lowest BCUT2D eigenvalue weighted by Gasteiger charge is -2.22. The van der Waals surface area contributed by atoms with E-state index in [0.717, 1.165) is 5.56 Å². The third-order valence-corrected chi connectivity index (χ3v) is 2.71. The second-order valence-electron chi connectivity index (χ2n) is 3.82. The normalized spacial score (nSPS) is 19.9. The van der Waals surface area contributed by atoms with Gasteiger partial charge in [0, 0.05) is 11.6 Å². The Morgan fingerprint density at radius 2 is 2.47 bits per heavy atom. The summed E-state index contributed by atoms with van der Waals surface area (Å²) >= 11 is 5.84. The highest BCUT2D eigenvalue weighted by Crippen LogP contribution is 2.11. The first-order chi connectivity index (χ1) is 8.25. The summed E-state index contributed by atoms with van der Waals surface area (Å²) in [5, 5.41) is 3.68. The van der Waals surface area contributed by atoms with Crippen molar-refractivity contribution in [3.8, 4) is 0 Å². The van der Waals surface area contributed by atoms with Crippen molar-refractivity contribution < 1.29 is 14.3 Å². The number of carbonyl (C=O) groups excluding carboxylic acids is 1. The SMILES string of the molecule is O=C(OCc1cccc(Cl)c1)C1COCCN1. The predicted molar refractivity (Wildman–Crippen MR) is 63.9 cm³/mol. The maximum Gasteiger partial charge on any atom is 0.325 e. The number of benzene rings is 1. The Morgan fingerprint density at radius 3 is 3.18 bits per heavy atom. The van der Waals surface area contributed by atoms with Crippen LogP contribution in [0.5, 0.6) is 0 Å². The van der Waals surface area contributed by atoms with Gasteiger partial charge in [-0.1, -0.05) is 23.7 Å². The van der Waals surface area contributed by atoms with Crippen molar-refractivity contribution >= 4 is 17.6 Å². The van der Waals surface area contributed by atoms with Gasteiger partial charge in [-0.25, -0.2) is 0 Å². The Kier molecular flexibility index (Phi) is 4.36. The van der Waals surface area contributed by atoms with Crippen molar-refractivity contribution in [3.63, 3.8) is 0 Å². The van der Waals surface area contributed by atoms with Crippen LogP contribution in [0.2, 0.25) is 5.02 Å². The molecule has 0 saturated carbocycles. The summed E-state index contributed by atoms with van der Waals surface area (Å²) in [5.41, 5.74) is 0.877. The van der Waals surface area contributed by atoms with Crippen LogP contribution in [0.3, 0.4) is 0 Å². The van der Waals surface area contributed by atoms with Crippen LogP contribution in [0.15, 0.2) is 24.3 Å². The molecule has 0 spiro atoms. The van der Waals surface area contributed by atoms with E-state index in [0.29, 0.717) is 24.8 Å². The highest BCUT2D eigenvalue weighted by molar-refractivity contribution is 6.30. The Hall–Kier alpha value is -1.10. The molecule has 1 atom stereocenters. The number of nitrogens with one attached hydrogen (secondary N) is 1. The fourth-order valence-electron chi connectivity index (χ4n) is 1.60. The molecule has 4 nitrogen and oxygen atoms in total. The minimum atomic E-state index is -0.358. The zero-order valence-electron chi connectivity index (χ0n) is 9.32. The number of rotatable bonds is 3. The number of halogens is 1. The summed E-state index contributed by atoms with van der Waals surface area (Å²) in [6, 6.07) is 6.89. The van der Waals surface area contributed by atoms with Gasteiger partial charge in [0.25, 0.3) is 0 Å². The van der Waals surface area contributed by atoms with Gasteiger partial charge in [0.1, 0.15) is 12.6 Å². The fourth-order valence-corrected chi connectivity index (χ4v) is 1.81. The van der Waals surface area contributed by atoms with Crippen molar-refractivity contribution in [2.45, 2.75) is 12.6 Å². The van der Waals surface area contributed by atoms with E-state index >= 15 is 0 Å². The average Bonchev–Trinajstić information content (AvgIpc) is 2.37. The molecule has 1 fully saturated rings. The molecular weight excluding hydrogens is 242 g/mol. The molecular formula is C12H14ClNO3. The first-order valence-electron chi connectivity index (χ1n) is 5.48. The predicted octanol–water partition coefficient (Wildman–Crippen LogP) is 1.37. The van der Waals surface area contributed by atoms with Gasteiger partial charge in [0.05, 0.1) is 13.2 Å². The molecule has 1 unspecified atom stereocenters. The molecule has 1 aliphatic rings. The Morgan fingerprint density at radius 1 is 1.59 bits per heavy atom. The highest BCUT2D eigenvalue weighted by Gasteiger charge is 2.22. The Balaban J connectivity index is 1.83. The summed E-state index contributed by atoms with van der Waals surface area (Å²) in [7, 11) is 0. The third kappa shape index (κ3) is 3.70. The van der Waals surface area contributed by atoms with E-state index in [-0.39, 0.29) is 18.6 Å². The molecule has 0 radical (unpaired) electrons. The van der Waals surface area contributed by atoms with Crippen LogP contribution in [-0.4, -0.2) is 31.8 Å².